The number of pyridine rings is 1. The number of hydrogen-bond donors (Lipinski definition) is 2. The molecule has 18 heavy (non-hydrogen) atoms. The monoisotopic (exact) mass is 252 g/mol. The lowest BCUT2D eigenvalue weighted by Crippen LogP contribution is -2.35. The van der Waals surface area contributed by atoms with Gasteiger partial charge in [0.1, 0.15) is 5.75 Å². The standard InChI is InChI=1S/C14H24N2O2/c1-11-6-7-13(18-9-5-8-17)12(16-11)10-15-14(2,3)4/h6-7,15,17H,5,8-10H2,1-4H3. The van der Waals surface area contributed by atoms with Crippen molar-refractivity contribution in [3.05, 3.63) is 23.5 Å². The molecule has 0 aliphatic heterocycles. The molecule has 4 heteroatoms. The molecule has 0 saturated carbocycles. The van der Waals surface area contributed by atoms with Gasteiger partial charge in [0, 0.05) is 30.8 Å². The second-order valence-electron chi connectivity index (χ2n) is 5.43. The Morgan fingerprint density at radius 3 is 2.67 bits per heavy atom. The number of aryl methyl sites for hydroxylation is 1. The molecule has 102 valence electrons. The van der Waals surface area contributed by atoms with Crippen LogP contribution < -0.4 is 10.1 Å². The molecule has 0 saturated heterocycles. The van der Waals surface area contributed by atoms with Gasteiger partial charge in [-0.15, -0.1) is 0 Å². The summed E-state index contributed by atoms with van der Waals surface area (Å²) in [4.78, 5) is 4.50. The molecule has 1 aromatic rings. The molecule has 1 heterocycles. The molecule has 0 amide bonds. The summed E-state index contributed by atoms with van der Waals surface area (Å²) >= 11 is 0. The Morgan fingerprint density at radius 2 is 2.06 bits per heavy atom. The van der Waals surface area contributed by atoms with Gasteiger partial charge in [-0.3, -0.25) is 4.98 Å². The Hall–Kier alpha value is -1.13. The van der Waals surface area contributed by atoms with Gasteiger partial charge in [-0.25, -0.2) is 0 Å². The summed E-state index contributed by atoms with van der Waals surface area (Å²) in [5.41, 5.74) is 1.95. The van der Waals surface area contributed by atoms with Crippen molar-refractivity contribution < 1.29 is 9.84 Å². The van der Waals surface area contributed by atoms with E-state index >= 15 is 0 Å². The summed E-state index contributed by atoms with van der Waals surface area (Å²) in [6, 6.07) is 3.88. The first-order valence-corrected chi connectivity index (χ1v) is 6.37. The first-order chi connectivity index (χ1) is 8.42. The molecule has 0 radical (unpaired) electrons. The molecule has 2 N–H and O–H groups in total. The third-order valence-electron chi connectivity index (χ3n) is 2.42. The summed E-state index contributed by atoms with van der Waals surface area (Å²) in [5, 5.41) is 12.2. The maximum absolute atomic E-state index is 8.76. The van der Waals surface area contributed by atoms with E-state index in [1.54, 1.807) is 0 Å². The van der Waals surface area contributed by atoms with E-state index in [0.717, 1.165) is 17.1 Å². The van der Waals surface area contributed by atoms with Crippen LogP contribution in [-0.2, 0) is 6.54 Å². The van der Waals surface area contributed by atoms with Gasteiger partial charge >= 0.3 is 0 Å². The summed E-state index contributed by atoms with van der Waals surface area (Å²) < 4.78 is 5.64. The highest BCUT2D eigenvalue weighted by Crippen LogP contribution is 2.18. The predicted octanol–water partition coefficient (Wildman–Crippen LogP) is 2.04. The lowest BCUT2D eigenvalue weighted by Gasteiger charge is -2.21. The van der Waals surface area contributed by atoms with Crippen LogP contribution in [-0.4, -0.2) is 28.8 Å². The summed E-state index contributed by atoms with van der Waals surface area (Å²) in [6.45, 7) is 9.68. The van der Waals surface area contributed by atoms with Crippen LogP contribution in [0.3, 0.4) is 0 Å². The number of ether oxygens (including phenoxy) is 1. The van der Waals surface area contributed by atoms with Crippen LogP contribution in [0.15, 0.2) is 12.1 Å². The molecule has 0 aromatic carbocycles. The summed E-state index contributed by atoms with van der Waals surface area (Å²) in [7, 11) is 0. The van der Waals surface area contributed by atoms with Gasteiger partial charge in [0.05, 0.1) is 12.3 Å². The fourth-order valence-electron chi connectivity index (χ4n) is 1.45. The van der Waals surface area contributed by atoms with E-state index in [1.165, 1.54) is 0 Å². The number of aliphatic hydroxyl groups excluding tert-OH is 1. The Bertz CT molecular complexity index is 373. The van der Waals surface area contributed by atoms with Gasteiger partial charge in [0.2, 0.25) is 0 Å². The Labute approximate surface area is 109 Å². The molecule has 1 aromatic heterocycles. The van der Waals surface area contributed by atoms with Crippen LogP contribution >= 0.6 is 0 Å². The number of aromatic nitrogens is 1. The van der Waals surface area contributed by atoms with Crippen molar-refractivity contribution in [2.45, 2.75) is 46.2 Å². The Balaban J connectivity index is 2.70. The maximum Gasteiger partial charge on any atom is 0.142 e. The third kappa shape index (κ3) is 5.47. The highest BCUT2D eigenvalue weighted by atomic mass is 16.5. The molecule has 0 aliphatic carbocycles. The fourth-order valence-corrected chi connectivity index (χ4v) is 1.45. The second-order valence-corrected chi connectivity index (χ2v) is 5.43. The maximum atomic E-state index is 8.76. The number of aliphatic hydroxyl groups is 1. The molecule has 0 fully saturated rings. The molecule has 1 rings (SSSR count). The van der Waals surface area contributed by atoms with Crippen molar-refractivity contribution in [1.82, 2.24) is 10.3 Å². The number of nitrogens with one attached hydrogen (secondary N) is 1. The lowest BCUT2D eigenvalue weighted by molar-refractivity contribution is 0.231. The van der Waals surface area contributed by atoms with Crippen LogP contribution in [0.25, 0.3) is 0 Å². The van der Waals surface area contributed by atoms with Crippen LogP contribution in [0.2, 0.25) is 0 Å². The van der Waals surface area contributed by atoms with E-state index in [0.29, 0.717) is 19.6 Å². The fraction of sp³-hybridized carbons (Fsp3) is 0.643. The highest BCUT2D eigenvalue weighted by Gasteiger charge is 2.12. The largest absolute Gasteiger partial charge is 0.492 e. The lowest BCUT2D eigenvalue weighted by atomic mass is 10.1. The summed E-state index contributed by atoms with van der Waals surface area (Å²) in [6.07, 6.45) is 0.639. The predicted molar refractivity (Wildman–Crippen MR) is 72.8 cm³/mol. The van der Waals surface area contributed by atoms with Crippen molar-refractivity contribution in [3.63, 3.8) is 0 Å². The van der Waals surface area contributed by atoms with Crippen molar-refractivity contribution >= 4 is 0 Å². The van der Waals surface area contributed by atoms with Crippen molar-refractivity contribution in [3.8, 4) is 5.75 Å². The molecular weight excluding hydrogens is 228 g/mol. The van der Waals surface area contributed by atoms with E-state index < -0.39 is 0 Å². The first-order valence-electron chi connectivity index (χ1n) is 6.37. The van der Waals surface area contributed by atoms with Crippen molar-refractivity contribution in [1.29, 1.82) is 0 Å². The molecular formula is C14H24N2O2. The zero-order valence-corrected chi connectivity index (χ0v) is 11.8. The van der Waals surface area contributed by atoms with Crippen LogP contribution in [0.1, 0.15) is 38.6 Å². The van der Waals surface area contributed by atoms with Crippen LogP contribution in [0.5, 0.6) is 5.75 Å². The minimum Gasteiger partial charge on any atom is -0.492 e. The molecule has 0 atom stereocenters. The van der Waals surface area contributed by atoms with E-state index in [2.05, 4.69) is 31.1 Å². The molecule has 4 nitrogen and oxygen atoms in total. The van der Waals surface area contributed by atoms with Crippen LogP contribution in [0, 0.1) is 6.92 Å². The van der Waals surface area contributed by atoms with Gasteiger partial charge in [-0.1, -0.05) is 0 Å². The van der Waals surface area contributed by atoms with E-state index in [4.69, 9.17) is 9.84 Å². The van der Waals surface area contributed by atoms with Gasteiger partial charge in [-0.05, 0) is 39.8 Å². The normalized spacial score (nSPS) is 11.6. The second kappa shape index (κ2) is 6.71. The zero-order valence-electron chi connectivity index (χ0n) is 11.8. The van der Waals surface area contributed by atoms with E-state index in [1.807, 2.05) is 19.1 Å². The van der Waals surface area contributed by atoms with Crippen LogP contribution in [0.4, 0.5) is 0 Å². The highest BCUT2D eigenvalue weighted by molar-refractivity contribution is 5.29. The quantitative estimate of drug-likeness (QED) is 0.761. The SMILES string of the molecule is Cc1ccc(OCCCO)c(CNC(C)(C)C)n1. The Kier molecular flexibility index (Phi) is 5.56. The molecule has 0 aliphatic rings. The first kappa shape index (κ1) is 14.9. The van der Waals surface area contributed by atoms with Gasteiger partial charge in [-0.2, -0.15) is 0 Å². The summed E-state index contributed by atoms with van der Waals surface area (Å²) in [5.74, 6) is 0.797. The van der Waals surface area contributed by atoms with Gasteiger partial charge in [0.15, 0.2) is 0 Å². The number of rotatable bonds is 6. The van der Waals surface area contributed by atoms with Gasteiger partial charge < -0.3 is 15.2 Å². The molecule has 0 unspecified atom stereocenters. The zero-order chi connectivity index (χ0) is 13.6. The number of hydrogen-bond acceptors (Lipinski definition) is 4. The van der Waals surface area contributed by atoms with Gasteiger partial charge in [0.25, 0.3) is 0 Å². The average Bonchev–Trinajstić information content (AvgIpc) is 2.28. The van der Waals surface area contributed by atoms with Crippen molar-refractivity contribution in [2.24, 2.45) is 0 Å². The third-order valence-corrected chi connectivity index (χ3v) is 2.42. The van der Waals surface area contributed by atoms with Crippen molar-refractivity contribution in [2.75, 3.05) is 13.2 Å². The minimum absolute atomic E-state index is 0.0494. The van der Waals surface area contributed by atoms with E-state index in [9.17, 15) is 0 Å². The number of nitrogens with zero attached hydrogens (tertiary/aromatic N) is 1. The van der Waals surface area contributed by atoms with E-state index in [-0.39, 0.29) is 12.1 Å². The minimum atomic E-state index is 0.0494. The average molecular weight is 252 g/mol. The smallest absolute Gasteiger partial charge is 0.142 e. The molecule has 0 bridgehead atoms. The molecule has 0 spiro atoms. The topological polar surface area (TPSA) is 54.4 Å². The Morgan fingerprint density at radius 1 is 1.33 bits per heavy atom.